The van der Waals surface area contributed by atoms with Crippen LogP contribution in [0.3, 0.4) is 0 Å². The third-order valence-electron chi connectivity index (χ3n) is 6.76. The van der Waals surface area contributed by atoms with Gasteiger partial charge in [0.25, 0.3) is 0 Å². The molecular weight excluding hydrogens is 238 g/mol. The Morgan fingerprint density at radius 3 is 2.16 bits per heavy atom. The molecule has 2 saturated carbocycles. The number of hydrogen-bond acceptors (Lipinski definition) is 2. The van der Waals surface area contributed by atoms with Crippen LogP contribution in [0.5, 0.6) is 0 Å². The molecule has 0 N–H and O–H groups in total. The highest BCUT2D eigenvalue weighted by atomic mass is 16.2. The molecular formula is C16H25NO2. The minimum atomic E-state index is -0.407. The first-order chi connectivity index (χ1) is 8.85. The largest absolute Gasteiger partial charge is 0.342 e. The molecule has 1 heterocycles. The van der Waals surface area contributed by atoms with Crippen molar-refractivity contribution in [1.82, 2.24) is 4.90 Å². The average Bonchev–Trinajstić information content (AvgIpc) is 2.69. The lowest BCUT2D eigenvalue weighted by atomic mass is 9.64. The van der Waals surface area contributed by atoms with Crippen molar-refractivity contribution in [3.8, 4) is 0 Å². The second-order valence-corrected chi connectivity index (χ2v) is 7.49. The van der Waals surface area contributed by atoms with Crippen LogP contribution in [0.1, 0.15) is 59.3 Å². The molecule has 0 radical (unpaired) electrons. The van der Waals surface area contributed by atoms with E-state index < -0.39 is 5.41 Å². The van der Waals surface area contributed by atoms with Crippen LogP contribution >= 0.6 is 0 Å². The molecule has 0 aromatic heterocycles. The van der Waals surface area contributed by atoms with Crippen LogP contribution in [0, 0.1) is 16.2 Å². The van der Waals surface area contributed by atoms with Gasteiger partial charge in [-0.05, 0) is 37.5 Å². The number of likely N-dealkylation sites (tertiary alicyclic amines) is 1. The maximum atomic E-state index is 13.1. The van der Waals surface area contributed by atoms with Crippen LogP contribution in [-0.2, 0) is 9.59 Å². The van der Waals surface area contributed by atoms with E-state index in [0.29, 0.717) is 12.2 Å². The number of nitrogens with zero attached hydrogens (tertiary/aromatic N) is 1. The summed E-state index contributed by atoms with van der Waals surface area (Å²) < 4.78 is 0. The fourth-order valence-electron chi connectivity index (χ4n) is 4.73. The van der Waals surface area contributed by atoms with Crippen LogP contribution in [-0.4, -0.2) is 29.7 Å². The molecule has 3 fully saturated rings. The van der Waals surface area contributed by atoms with Crippen LogP contribution < -0.4 is 0 Å². The minimum Gasteiger partial charge on any atom is -0.342 e. The van der Waals surface area contributed by atoms with E-state index in [9.17, 15) is 9.59 Å². The van der Waals surface area contributed by atoms with Crippen molar-refractivity contribution in [2.45, 2.75) is 59.3 Å². The molecule has 0 aromatic carbocycles. The quantitative estimate of drug-likeness (QED) is 0.729. The molecule has 0 aromatic rings. The maximum Gasteiger partial charge on any atom is 0.229 e. The zero-order valence-corrected chi connectivity index (χ0v) is 12.4. The normalized spacial score (nSPS) is 40.8. The van der Waals surface area contributed by atoms with Gasteiger partial charge in [-0.3, -0.25) is 9.59 Å². The summed E-state index contributed by atoms with van der Waals surface area (Å²) in [4.78, 5) is 27.5. The third-order valence-corrected chi connectivity index (χ3v) is 6.76. The number of hydrogen-bond donors (Lipinski definition) is 0. The number of fused-ring (bicyclic) bond motifs is 2. The molecule has 1 aliphatic heterocycles. The van der Waals surface area contributed by atoms with Crippen molar-refractivity contribution < 1.29 is 9.59 Å². The minimum absolute atomic E-state index is 0.189. The molecule has 2 bridgehead atoms. The Morgan fingerprint density at radius 2 is 1.68 bits per heavy atom. The van der Waals surface area contributed by atoms with Crippen LogP contribution in [0.15, 0.2) is 0 Å². The van der Waals surface area contributed by atoms with Crippen LogP contribution in [0.4, 0.5) is 0 Å². The Balaban J connectivity index is 1.95. The highest BCUT2D eigenvalue weighted by Crippen LogP contribution is 2.71. The monoisotopic (exact) mass is 263 g/mol. The standard InChI is InChI=1S/C16H25NO2/c1-14(2)15(3)7-8-16(14,11-12(15)18)13(19)17-9-5-4-6-10-17/h4-11H2,1-3H3/t15-,16-/m1/s1. The van der Waals surface area contributed by atoms with E-state index in [1.54, 1.807) is 0 Å². The molecule has 3 aliphatic rings. The molecule has 1 amide bonds. The summed E-state index contributed by atoms with van der Waals surface area (Å²) in [6.07, 6.45) is 5.74. The van der Waals surface area contributed by atoms with Gasteiger partial charge in [-0.15, -0.1) is 0 Å². The van der Waals surface area contributed by atoms with Gasteiger partial charge in [0.2, 0.25) is 5.91 Å². The van der Waals surface area contributed by atoms with Crippen LogP contribution in [0.25, 0.3) is 0 Å². The first-order valence-electron chi connectivity index (χ1n) is 7.68. The lowest BCUT2D eigenvalue weighted by molar-refractivity contribution is -0.148. The Kier molecular flexibility index (Phi) is 2.65. The Labute approximate surface area is 115 Å². The number of ketones is 1. The summed E-state index contributed by atoms with van der Waals surface area (Å²) in [7, 11) is 0. The highest BCUT2D eigenvalue weighted by molar-refractivity contribution is 5.99. The molecule has 0 spiro atoms. The van der Waals surface area contributed by atoms with Crippen molar-refractivity contribution >= 4 is 11.7 Å². The second-order valence-electron chi connectivity index (χ2n) is 7.49. The number of carbonyl (C=O) groups is 2. The number of rotatable bonds is 1. The second kappa shape index (κ2) is 3.83. The van der Waals surface area contributed by atoms with Gasteiger partial charge >= 0.3 is 0 Å². The summed E-state index contributed by atoms with van der Waals surface area (Å²) in [6, 6.07) is 0. The van der Waals surface area contributed by atoms with Gasteiger partial charge in [-0.25, -0.2) is 0 Å². The maximum absolute atomic E-state index is 13.1. The highest BCUT2D eigenvalue weighted by Gasteiger charge is 2.72. The van der Waals surface area contributed by atoms with Gasteiger partial charge in [-0.1, -0.05) is 20.8 Å². The molecule has 106 valence electrons. The van der Waals surface area contributed by atoms with Gasteiger partial charge in [0.05, 0.1) is 5.41 Å². The third kappa shape index (κ3) is 1.39. The van der Waals surface area contributed by atoms with Gasteiger partial charge < -0.3 is 4.90 Å². The average molecular weight is 263 g/mol. The van der Waals surface area contributed by atoms with Crippen molar-refractivity contribution in [2.24, 2.45) is 16.2 Å². The van der Waals surface area contributed by atoms with E-state index in [4.69, 9.17) is 0 Å². The first kappa shape index (κ1) is 13.1. The van der Waals surface area contributed by atoms with Crippen LogP contribution in [0.2, 0.25) is 0 Å². The number of Topliss-reactive ketones (excluding diaryl/α,β-unsaturated/α-hetero) is 1. The van der Waals surface area contributed by atoms with E-state index in [0.717, 1.165) is 38.8 Å². The smallest absolute Gasteiger partial charge is 0.229 e. The van der Waals surface area contributed by atoms with Crippen molar-refractivity contribution in [2.75, 3.05) is 13.1 Å². The Bertz CT molecular complexity index is 436. The number of amides is 1. The molecule has 2 aliphatic carbocycles. The molecule has 0 unspecified atom stereocenters. The van der Waals surface area contributed by atoms with E-state index >= 15 is 0 Å². The topological polar surface area (TPSA) is 37.4 Å². The molecule has 1 saturated heterocycles. The summed E-state index contributed by atoms with van der Waals surface area (Å²) in [5.74, 6) is 0.584. The lowest BCUT2D eigenvalue weighted by Crippen LogP contribution is -2.50. The van der Waals surface area contributed by atoms with Gasteiger partial charge in [0.1, 0.15) is 5.78 Å². The van der Waals surface area contributed by atoms with Gasteiger partial charge in [-0.2, -0.15) is 0 Å². The Hall–Kier alpha value is -0.860. The SMILES string of the molecule is CC1(C)[C@]2(C(=O)N3CCCCC3)CC[C@]1(C)C(=O)C2. The summed E-state index contributed by atoms with van der Waals surface area (Å²) >= 11 is 0. The van der Waals surface area contributed by atoms with E-state index in [-0.39, 0.29) is 16.7 Å². The fourth-order valence-corrected chi connectivity index (χ4v) is 4.73. The number of piperidine rings is 1. The molecule has 3 rings (SSSR count). The lowest BCUT2D eigenvalue weighted by Gasteiger charge is -2.42. The summed E-state index contributed by atoms with van der Waals surface area (Å²) in [5.41, 5.74) is -0.875. The predicted octanol–water partition coefficient (Wildman–Crippen LogP) is 2.78. The van der Waals surface area contributed by atoms with E-state index in [1.165, 1.54) is 6.42 Å². The van der Waals surface area contributed by atoms with Crippen molar-refractivity contribution in [3.05, 3.63) is 0 Å². The molecule has 19 heavy (non-hydrogen) atoms. The van der Waals surface area contributed by atoms with Crippen molar-refractivity contribution in [3.63, 3.8) is 0 Å². The van der Waals surface area contributed by atoms with Crippen molar-refractivity contribution in [1.29, 1.82) is 0 Å². The Morgan fingerprint density at radius 1 is 1.05 bits per heavy atom. The molecule has 3 nitrogen and oxygen atoms in total. The fraction of sp³-hybridized carbons (Fsp3) is 0.875. The summed E-state index contributed by atoms with van der Waals surface area (Å²) in [5, 5.41) is 0. The molecule has 2 atom stereocenters. The first-order valence-corrected chi connectivity index (χ1v) is 7.68. The predicted molar refractivity (Wildman–Crippen MR) is 73.6 cm³/mol. The zero-order valence-electron chi connectivity index (χ0n) is 12.4. The summed E-state index contributed by atoms with van der Waals surface area (Å²) in [6.45, 7) is 8.15. The molecule has 3 heteroatoms. The zero-order chi connectivity index (χ0) is 13.9. The van der Waals surface area contributed by atoms with E-state index in [1.807, 2.05) is 4.90 Å². The van der Waals surface area contributed by atoms with Gasteiger partial charge in [0, 0.05) is 24.9 Å². The number of carbonyl (C=O) groups excluding carboxylic acids is 2. The van der Waals surface area contributed by atoms with E-state index in [2.05, 4.69) is 20.8 Å². The van der Waals surface area contributed by atoms with Gasteiger partial charge in [0.15, 0.2) is 0 Å².